The molecule has 3 aromatic rings. The summed E-state index contributed by atoms with van der Waals surface area (Å²) in [6.45, 7) is 0. The molecule has 3 rings (SSSR count). The summed E-state index contributed by atoms with van der Waals surface area (Å²) in [5.41, 5.74) is 0.188. The number of nitro benzene ring substituents is 1. The number of aromatic nitrogens is 2. The van der Waals surface area contributed by atoms with Crippen LogP contribution < -0.4 is 0 Å². The zero-order valence-electron chi connectivity index (χ0n) is 10.9. The molecule has 1 aromatic carbocycles. The monoisotopic (exact) mass is 300 g/mol. The normalized spacial score (nSPS) is 10.7. The molecular weight excluding hydrogens is 292 g/mol. The Morgan fingerprint density at radius 3 is 2.32 bits per heavy atom. The van der Waals surface area contributed by atoms with Crippen LogP contribution in [-0.2, 0) is 0 Å². The third kappa shape index (κ3) is 2.00. The van der Waals surface area contributed by atoms with Gasteiger partial charge in [-0.15, -0.1) is 0 Å². The van der Waals surface area contributed by atoms with Gasteiger partial charge in [-0.1, -0.05) is 0 Å². The minimum absolute atomic E-state index is 0.00153. The number of imidazole rings is 1. The quantitative estimate of drug-likeness (QED) is 0.585. The molecule has 2 heterocycles. The van der Waals surface area contributed by atoms with Crippen LogP contribution >= 0.6 is 0 Å². The Kier molecular flexibility index (Phi) is 2.95. The van der Waals surface area contributed by atoms with Crippen molar-refractivity contribution >= 4 is 17.0 Å². The number of rotatable bonds is 3. The van der Waals surface area contributed by atoms with Crippen molar-refractivity contribution < 1.29 is 15.0 Å². The Morgan fingerprint density at radius 1 is 1.05 bits per heavy atom. The molecule has 9 heteroatoms. The second kappa shape index (κ2) is 4.81. The van der Waals surface area contributed by atoms with Gasteiger partial charge >= 0.3 is 5.69 Å². The highest BCUT2D eigenvalue weighted by molar-refractivity contribution is 5.73. The minimum atomic E-state index is -0.596. The average molecular weight is 300 g/mol. The summed E-state index contributed by atoms with van der Waals surface area (Å²) in [5.74, 6) is -0.271. The third-order valence-corrected chi connectivity index (χ3v) is 3.15. The number of pyridine rings is 1. The Bertz CT molecular complexity index is 901. The molecule has 0 aliphatic carbocycles. The zero-order valence-corrected chi connectivity index (χ0v) is 10.9. The summed E-state index contributed by atoms with van der Waals surface area (Å²) in [6, 6.07) is 8.09. The molecule has 0 aliphatic heterocycles. The van der Waals surface area contributed by atoms with Crippen molar-refractivity contribution in [3.05, 3.63) is 62.8 Å². The number of benzene rings is 1. The van der Waals surface area contributed by atoms with E-state index in [4.69, 9.17) is 0 Å². The van der Waals surface area contributed by atoms with Crippen molar-refractivity contribution in [2.45, 2.75) is 0 Å². The van der Waals surface area contributed by atoms with Crippen molar-refractivity contribution in [2.24, 2.45) is 0 Å². The van der Waals surface area contributed by atoms with E-state index in [9.17, 15) is 25.3 Å². The van der Waals surface area contributed by atoms with Crippen LogP contribution in [0.2, 0.25) is 0 Å². The lowest BCUT2D eigenvalue weighted by atomic mass is 10.1. The first-order chi connectivity index (χ1) is 10.5. The molecule has 22 heavy (non-hydrogen) atoms. The van der Waals surface area contributed by atoms with E-state index in [0.29, 0.717) is 5.56 Å². The maximum atomic E-state index is 11.0. The number of non-ortho nitro benzene ring substituents is 1. The molecule has 1 N–H and O–H groups in total. The van der Waals surface area contributed by atoms with Crippen LogP contribution in [0.15, 0.2) is 42.6 Å². The fourth-order valence-corrected chi connectivity index (χ4v) is 2.12. The van der Waals surface area contributed by atoms with Gasteiger partial charge in [-0.05, 0) is 18.2 Å². The molecule has 0 bridgehead atoms. The van der Waals surface area contributed by atoms with Crippen LogP contribution in [0.1, 0.15) is 0 Å². The van der Waals surface area contributed by atoms with Gasteiger partial charge in [0, 0.05) is 30.0 Å². The number of aromatic hydroxyl groups is 1. The Labute approximate surface area is 122 Å². The van der Waals surface area contributed by atoms with Gasteiger partial charge in [0.2, 0.25) is 11.5 Å². The zero-order chi connectivity index (χ0) is 15.9. The van der Waals surface area contributed by atoms with Crippen LogP contribution in [0.25, 0.3) is 16.9 Å². The van der Waals surface area contributed by atoms with Gasteiger partial charge in [-0.2, -0.15) is 0 Å². The van der Waals surface area contributed by atoms with Crippen molar-refractivity contribution in [2.75, 3.05) is 0 Å². The van der Waals surface area contributed by atoms with Gasteiger partial charge in [0.05, 0.1) is 9.85 Å². The minimum Gasteiger partial charge on any atom is -0.493 e. The smallest absolute Gasteiger partial charge is 0.312 e. The number of nitro groups is 2. The van der Waals surface area contributed by atoms with E-state index in [1.807, 2.05) is 0 Å². The molecule has 0 amide bonds. The van der Waals surface area contributed by atoms with Crippen LogP contribution in [0.4, 0.5) is 11.4 Å². The molecule has 0 spiro atoms. The molecule has 2 aromatic heterocycles. The largest absolute Gasteiger partial charge is 0.493 e. The molecule has 0 saturated heterocycles. The van der Waals surface area contributed by atoms with Crippen LogP contribution in [0, 0.1) is 20.2 Å². The van der Waals surface area contributed by atoms with Gasteiger partial charge in [-0.25, -0.2) is 4.98 Å². The maximum absolute atomic E-state index is 11.0. The van der Waals surface area contributed by atoms with E-state index in [1.165, 1.54) is 47.0 Å². The number of hydrogen-bond donors (Lipinski definition) is 1. The van der Waals surface area contributed by atoms with Crippen molar-refractivity contribution in [3.63, 3.8) is 0 Å². The predicted octanol–water partition coefficient (Wildman–Crippen LogP) is 2.52. The molecule has 0 aliphatic rings. The van der Waals surface area contributed by atoms with Gasteiger partial charge in [0.1, 0.15) is 5.69 Å². The Hall–Kier alpha value is -3.49. The first-order valence-corrected chi connectivity index (χ1v) is 6.08. The van der Waals surface area contributed by atoms with Crippen LogP contribution in [0.3, 0.4) is 0 Å². The Morgan fingerprint density at radius 2 is 1.73 bits per heavy atom. The van der Waals surface area contributed by atoms with Crippen molar-refractivity contribution in [1.82, 2.24) is 9.38 Å². The molecule has 0 radical (unpaired) electrons. The lowest BCUT2D eigenvalue weighted by Crippen LogP contribution is -1.92. The molecule has 9 nitrogen and oxygen atoms in total. The SMILES string of the molecule is O=[N+]([O-])c1ccc(-c2nc3c([N+](=O)[O-])cccn3c2O)cc1. The molecule has 0 fully saturated rings. The summed E-state index contributed by atoms with van der Waals surface area (Å²) in [4.78, 5) is 24.6. The fraction of sp³-hybridized carbons (Fsp3) is 0. The van der Waals surface area contributed by atoms with Crippen LogP contribution in [0.5, 0.6) is 5.88 Å². The average Bonchev–Trinajstić information content (AvgIpc) is 2.84. The standard InChI is InChI=1S/C13H8N4O5/c18-13-11(8-3-5-9(6-4-8)16(19)20)14-12-10(17(21)22)2-1-7-15(12)13/h1-7,18H. The summed E-state index contributed by atoms with van der Waals surface area (Å²) in [7, 11) is 0. The van der Waals surface area contributed by atoms with E-state index >= 15 is 0 Å². The lowest BCUT2D eigenvalue weighted by Gasteiger charge is -1.98. The molecule has 110 valence electrons. The van der Waals surface area contributed by atoms with Crippen molar-refractivity contribution in [3.8, 4) is 17.1 Å². The van der Waals surface area contributed by atoms with Gasteiger partial charge < -0.3 is 5.11 Å². The highest BCUT2D eigenvalue weighted by atomic mass is 16.6. The number of hydrogen-bond acceptors (Lipinski definition) is 6. The summed E-state index contributed by atoms with van der Waals surface area (Å²) >= 11 is 0. The predicted molar refractivity (Wildman–Crippen MR) is 75.6 cm³/mol. The molecule has 0 unspecified atom stereocenters. The first kappa shape index (κ1) is 13.5. The third-order valence-electron chi connectivity index (χ3n) is 3.15. The molecule has 0 saturated carbocycles. The second-order valence-corrected chi connectivity index (χ2v) is 4.43. The van der Waals surface area contributed by atoms with E-state index in [1.54, 1.807) is 0 Å². The molecule has 0 atom stereocenters. The highest BCUT2D eigenvalue weighted by Gasteiger charge is 2.20. The topological polar surface area (TPSA) is 124 Å². The maximum Gasteiger partial charge on any atom is 0.312 e. The summed E-state index contributed by atoms with van der Waals surface area (Å²) < 4.78 is 1.19. The van der Waals surface area contributed by atoms with Gasteiger partial charge in [0.15, 0.2) is 0 Å². The highest BCUT2D eigenvalue weighted by Crippen LogP contribution is 2.33. The van der Waals surface area contributed by atoms with Gasteiger partial charge in [0.25, 0.3) is 5.69 Å². The molecular formula is C13H8N4O5. The Balaban J connectivity index is 2.19. The fourth-order valence-electron chi connectivity index (χ4n) is 2.12. The summed E-state index contributed by atoms with van der Waals surface area (Å²) in [6.07, 6.45) is 1.44. The first-order valence-electron chi connectivity index (χ1n) is 6.08. The second-order valence-electron chi connectivity index (χ2n) is 4.43. The van der Waals surface area contributed by atoms with E-state index in [-0.39, 0.29) is 28.6 Å². The van der Waals surface area contributed by atoms with E-state index in [0.717, 1.165) is 0 Å². The van der Waals surface area contributed by atoms with Gasteiger partial charge in [-0.3, -0.25) is 24.6 Å². The van der Waals surface area contributed by atoms with E-state index in [2.05, 4.69) is 4.98 Å². The van der Waals surface area contributed by atoms with E-state index < -0.39 is 9.85 Å². The number of fused-ring (bicyclic) bond motifs is 1. The lowest BCUT2D eigenvalue weighted by molar-refractivity contribution is -0.384. The van der Waals surface area contributed by atoms with Crippen LogP contribution in [-0.4, -0.2) is 24.3 Å². The summed E-state index contributed by atoms with van der Waals surface area (Å²) in [5, 5.41) is 31.8. The van der Waals surface area contributed by atoms with Crippen molar-refractivity contribution in [1.29, 1.82) is 0 Å². The number of nitrogens with zero attached hydrogens (tertiary/aromatic N) is 4.